The SMILES string of the molecule is NCc1ccc(OCC(=O)N(CCO)CC(F)F)cc1. The van der Waals surface area contributed by atoms with Gasteiger partial charge in [0.15, 0.2) is 6.61 Å². The van der Waals surface area contributed by atoms with Gasteiger partial charge in [0, 0.05) is 13.1 Å². The van der Waals surface area contributed by atoms with Crippen molar-refractivity contribution >= 4 is 5.91 Å². The molecule has 0 atom stereocenters. The Morgan fingerprint density at radius 3 is 2.50 bits per heavy atom. The highest BCUT2D eigenvalue weighted by Crippen LogP contribution is 2.12. The predicted octanol–water partition coefficient (Wildman–Crippen LogP) is 0.610. The lowest BCUT2D eigenvalue weighted by atomic mass is 10.2. The van der Waals surface area contributed by atoms with Crippen molar-refractivity contribution in [3.05, 3.63) is 29.8 Å². The van der Waals surface area contributed by atoms with Crippen molar-refractivity contribution in [2.24, 2.45) is 5.73 Å². The fourth-order valence-electron chi connectivity index (χ4n) is 1.56. The number of nitrogens with zero attached hydrogens (tertiary/aromatic N) is 1. The molecule has 0 aliphatic heterocycles. The molecule has 1 amide bonds. The van der Waals surface area contributed by atoms with Gasteiger partial charge in [0.1, 0.15) is 5.75 Å². The number of alkyl halides is 2. The number of carbonyl (C=O) groups is 1. The van der Waals surface area contributed by atoms with Crippen LogP contribution in [0.25, 0.3) is 0 Å². The molecule has 5 nitrogen and oxygen atoms in total. The molecule has 112 valence electrons. The third-order valence-electron chi connectivity index (χ3n) is 2.60. The molecule has 1 aromatic rings. The number of amides is 1. The van der Waals surface area contributed by atoms with E-state index >= 15 is 0 Å². The van der Waals surface area contributed by atoms with E-state index in [2.05, 4.69) is 0 Å². The number of rotatable bonds is 8. The van der Waals surface area contributed by atoms with Gasteiger partial charge in [-0.2, -0.15) is 0 Å². The third kappa shape index (κ3) is 5.50. The topological polar surface area (TPSA) is 75.8 Å². The minimum Gasteiger partial charge on any atom is -0.484 e. The maximum Gasteiger partial charge on any atom is 0.260 e. The van der Waals surface area contributed by atoms with Crippen LogP contribution in [0.1, 0.15) is 5.56 Å². The van der Waals surface area contributed by atoms with Gasteiger partial charge in [-0.3, -0.25) is 4.79 Å². The van der Waals surface area contributed by atoms with Gasteiger partial charge in [0.05, 0.1) is 13.2 Å². The second-order valence-corrected chi connectivity index (χ2v) is 4.09. The zero-order chi connectivity index (χ0) is 15.0. The number of ether oxygens (including phenoxy) is 1. The van der Waals surface area contributed by atoms with Gasteiger partial charge in [-0.15, -0.1) is 0 Å². The lowest BCUT2D eigenvalue weighted by Gasteiger charge is -2.21. The first-order chi connectivity index (χ1) is 9.56. The zero-order valence-electron chi connectivity index (χ0n) is 11.0. The number of benzene rings is 1. The normalized spacial score (nSPS) is 10.7. The van der Waals surface area contributed by atoms with Gasteiger partial charge in [-0.05, 0) is 17.7 Å². The molecule has 0 aromatic heterocycles. The highest BCUT2D eigenvalue weighted by Gasteiger charge is 2.18. The van der Waals surface area contributed by atoms with Crippen LogP contribution in [0.5, 0.6) is 5.75 Å². The molecule has 0 fully saturated rings. The molecule has 0 aliphatic carbocycles. The van der Waals surface area contributed by atoms with Crippen LogP contribution >= 0.6 is 0 Å². The molecule has 1 rings (SSSR count). The molecular weight excluding hydrogens is 270 g/mol. The Hall–Kier alpha value is -1.73. The minimum atomic E-state index is -2.64. The molecule has 0 heterocycles. The number of nitrogens with two attached hydrogens (primary N) is 1. The van der Waals surface area contributed by atoms with E-state index in [-0.39, 0.29) is 19.8 Å². The molecule has 0 saturated carbocycles. The lowest BCUT2D eigenvalue weighted by Crippen LogP contribution is -2.40. The average molecular weight is 288 g/mol. The van der Waals surface area contributed by atoms with Crippen LogP contribution in [0.2, 0.25) is 0 Å². The van der Waals surface area contributed by atoms with Crippen molar-refractivity contribution in [3.63, 3.8) is 0 Å². The smallest absolute Gasteiger partial charge is 0.260 e. The van der Waals surface area contributed by atoms with E-state index < -0.39 is 18.9 Å². The molecule has 7 heteroatoms. The molecule has 3 N–H and O–H groups in total. The fourth-order valence-corrected chi connectivity index (χ4v) is 1.56. The number of aliphatic hydroxyl groups is 1. The molecule has 20 heavy (non-hydrogen) atoms. The van der Waals surface area contributed by atoms with E-state index in [1.165, 1.54) is 0 Å². The Labute approximate surface area is 115 Å². The molecule has 1 aromatic carbocycles. The summed E-state index contributed by atoms with van der Waals surface area (Å²) in [7, 11) is 0. The summed E-state index contributed by atoms with van der Waals surface area (Å²) in [4.78, 5) is 12.6. The van der Waals surface area contributed by atoms with E-state index in [1.54, 1.807) is 24.3 Å². The molecule has 0 aliphatic rings. The van der Waals surface area contributed by atoms with Gasteiger partial charge in [0.2, 0.25) is 0 Å². The number of hydrogen-bond acceptors (Lipinski definition) is 4. The molecule has 0 spiro atoms. The number of aliphatic hydroxyl groups excluding tert-OH is 1. The van der Waals surface area contributed by atoms with Crippen molar-refractivity contribution in [2.45, 2.75) is 13.0 Å². The molecular formula is C13H18F2N2O3. The van der Waals surface area contributed by atoms with Crippen LogP contribution in [0.4, 0.5) is 8.78 Å². The summed E-state index contributed by atoms with van der Waals surface area (Å²) in [5.41, 5.74) is 6.36. The van der Waals surface area contributed by atoms with Crippen molar-refractivity contribution in [1.29, 1.82) is 0 Å². The van der Waals surface area contributed by atoms with Crippen LogP contribution in [0.3, 0.4) is 0 Å². The van der Waals surface area contributed by atoms with Crippen molar-refractivity contribution in [3.8, 4) is 5.75 Å². The first-order valence-electron chi connectivity index (χ1n) is 6.15. The maximum atomic E-state index is 12.3. The Morgan fingerprint density at radius 1 is 1.35 bits per heavy atom. The van der Waals surface area contributed by atoms with E-state index in [4.69, 9.17) is 15.6 Å². The first kappa shape index (κ1) is 16.3. The third-order valence-corrected chi connectivity index (χ3v) is 2.60. The van der Waals surface area contributed by atoms with E-state index in [1.807, 2.05) is 0 Å². The Bertz CT molecular complexity index is 413. The standard InChI is InChI=1S/C13H18F2N2O3/c14-12(15)8-17(5-6-18)13(19)9-20-11-3-1-10(7-16)2-4-11/h1-4,12,18H,5-9,16H2. The summed E-state index contributed by atoms with van der Waals surface area (Å²) in [6, 6.07) is 6.81. The van der Waals surface area contributed by atoms with Crippen molar-refractivity contribution in [2.75, 3.05) is 26.3 Å². The molecule has 0 unspecified atom stereocenters. The van der Waals surface area contributed by atoms with E-state index in [0.29, 0.717) is 12.3 Å². The Morgan fingerprint density at radius 2 is 2.00 bits per heavy atom. The van der Waals surface area contributed by atoms with Crippen molar-refractivity contribution < 1.29 is 23.4 Å². The largest absolute Gasteiger partial charge is 0.484 e. The summed E-state index contributed by atoms with van der Waals surface area (Å²) in [6.07, 6.45) is -2.64. The summed E-state index contributed by atoms with van der Waals surface area (Å²) in [5.74, 6) is -0.140. The number of hydrogen-bond donors (Lipinski definition) is 2. The second kappa shape index (κ2) is 8.44. The van der Waals surface area contributed by atoms with Crippen molar-refractivity contribution in [1.82, 2.24) is 4.90 Å². The fraction of sp³-hybridized carbons (Fsp3) is 0.462. The van der Waals surface area contributed by atoms with Gasteiger partial charge in [-0.25, -0.2) is 8.78 Å². The van der Waals surface area contributed by atoms with Gasteiger partial charge < -0.3 is 20.5 Å². The first-order valence-corrected chi connectivity index (χ1v) is 6.15. The predicted molar refractivity (Wildman–Crippen MR) is 69.5 cm³/mol. The average Bonchev–Trinajstić information content (AvgIpc) is 2.44. The Kier molecular flexibility index (Phi) is 6.89. The molecule has 0 radical (unpaired) electrons. The van der Waals surface area contributed by atoms with Crippen LogP contribution in [-0.2, 0) is 11.3 Å². The summed E-state index contributed by atoms with van der Waals surface area (Å²) >= 11 is 0. The number of halogens is 2. The Balaban J connectivity index is 2.50. The summed E-state index contributed by atoms with van der Waals surface area (Å²) in [5, 5.41) is 8.75. The van der Waals surface area contributed by atoms with E-state index in [0.717, 1.165) is 10.5 Å². The monoisotopic (exact) mass is 288 g/mol. The highest BCUT2D eigenvalue weighted by atomic mass is 19.3. The lowest BCUT2D eigenvalue weighted by molar-refractivity contribution is -0.135. The quantitative estimate of drug-likeness (QED) is 0.735. The molecule has 0 bridgehead atoms. The van der Waals surface area contributed by atoms with Crippen LogP contribution in [0, 0.1) is 0 Å². The van der Waals surface area contributed by atoms with E-state index in [9.17, 15) is 13.6 Å². The van der Waals surface area contributed by atoms with Gasteiger partial charge in [0.25, 0.3) is 12.3 Å². The summed E-state index contributed by atoms with van der Waals surface area (Å²) in [6.45, 7) is -1.18. The van der Waals surface area contributed by atoms with Gasteiger partial charge in [-0.1, -0.05) is 12.1 Å². The zero-order valence-corrected chi connectivity index (χ0v) is 11.0. The summed E-state index contributed by atoms with van der Waals surface area (Å²) < 4.78 is 29.8. The van der Waals surface area contributed by atoms with Gasteiger partial charge >= 0.3 is 0 Å². The molecule has 0 saturated heterocycles. The van der Waals surface area contributed by atoms with Crippen LogP contribution < -0.4 is 10.5 Å². The maximum absolute atomic E-state index is 12.3. The second-order valence-electron chi connectivity index (χ2n) is 4.09. The number of carbonyl (C=O) groups excluding carboxylic acids is 1. The minimum absolute atomic E-state index is 0.140. The van der Waals surface area contributed by atoms with Crippen LogP contribution in [0.15, 0.2) is 24.3 Å². The van der Waals surface area contributed by atoms with Crippen LogP contribution in [-0.4, -0.2) is 48.6 Å². The highest BCUT2D eigenvalue weighted by molar-refractivity contribution is 5.77.